The zero-order chi connectivity index (χ0) is 21.8. The molecule has 0 aromatic heterocycles. The summed E-state index contributed by atoms with van der Waals surface area (Å²) in [5, 5.41) is 2.71. The molecule has 3 aromatic rings. The minimum Gasteiger partial charge on any atom is -0.497 e. The molecule has 2 aliphatic rings. The van der Waals surface area contributed by atoms with Crippen LogP contribution >= 0.6 is 0 Å². The maximum atomic E-state index is 13.9. The Balaban J connectivity index is 0.000000241. The van der Waals surface area contributed by atoms with Gasteiger partial charge in [-0.3, -0.25) is 4.79 Å². The third-order valence-corrected chi connectivity index (χ3v) is 5.46. The molecule has 1 N–H and O–H groups in total. The number of fused-ring (bicyclic) bond motifs is 1. The highest BCUT2D eigenvalue weighted by molar-refractivity contribution is 5.97. The molecule has 1 saturated carbocycles. The Labute approximate surface area is 188 Å². The van der Waals surface area contributed by atoms with Gasteiger partial charge in [-0.1, -0.05) is 44.7 Å². The Morgan fingerprint density at radius 2 is 1.56 bits per heavy atom. The van der Waals surface area contributed by atoms with Crippen LogP contribution in [0.2, 0.25) is 0 Å². The highest BCUT2D eigenvalue weighted by atomic mass is 19.1. The van der Waals surface area contributed by atoms with Crippen molar-refractivity contribution in [2.24, 2.45) is 5.41 Å². The van der Waals surface area contributed by atoms with Gasteiger partial charge in [0.05, 0.1) is 12.8 Å². The number of carbonyl (C=O) groups is 1. The van der Waals surface area contributed by atoms with Crippen molar-refractivity contribution in [3.63, 3.8) is 0 Å². The van der Waals surface area contributed by atoms with Crippen LogP contribution < -0.4 is 19.5 Å². The van der Waals surface area contributed by atoms with Gasteiger partial charge in [-0.25, -0.2) is 4.39 Å². The van der Waals surface area contributed by atoms with Crippen molar-refractivity contribution in [3.05, 3.63) is 72.5 Å². The molecule has 0 saturated heterocycles. The van der Waals surface area contributed by atoms with E-state index in [1.807, 2.05) is 55.5 Å². The SMILES string of the molecule is C.COc1ccc(-c2ccc(F)c(NC(=O)C3(C)CC3)c2)cc1.c1ccc2c(c1)OCO2. The van der Waals surface area contributed by atoms with E-state index in [4.69, 9.17) is 14.2 Å². The molecule has 1 amide bonds. The molecule has 0 bridgehead atoms. The standard InChI is InChI=1S/C18H18FNO2.C7H6O2.CH4/c1-18(9-10-18)17(21)20-16-11-13(5-8-15(16)19)12-3-6-14(22-2)7-4-12;1-2-4-7-6(3-1)8-5-9-7;/h3-8,11H,9-10H2,1-2H3,(H,20,21);1-4H,5H2;1H4. The number of hydrogen-bond donors (Lipinski definition) is 1. The van der Waals surface area contributed by atoms with Crippen LogP contribution in [0.15, 0.2) is 66.7 Å². The van der Waals surface area contributed by atoms with Crippen molar-refractivity contribution in [2.45, 2.75) is 27.2 Å². The van der Waals surface area contributed by atoms with Crippen LogP contribution in [0.25, 0.3) is 11.1 Å². The van der Waals surface area contributed by atoms with Crippen LogP contribution in [-0.2, 0) is 4.79 Å². The maximum Gasteiger partial charge on any atom is 0.231 e. The topological polar surface area (TPSA) is 56.8 Å². The smallest absolute Gasteiger partial charge is 0.231 e. The number of rotatable bonds is 4. The zero-order valence-electron chi connectivity index (χ0n) is 17.5. The predicted octanol–water partition coefficient (Wildman–Crippen LogP) is 6.29. The first-order chi connectivity index (χ1) is 15.0. The number of methoxy groups -OCH3 is 1. The molecule has 0 radical (unpaired) electrons. The number of nitrogens with one attached hydrogen (secondary N) is 1. The van der Waals surface area contributed by atoms with E-state index in [0.717, 1.165) is 41.2 Å². The van der Waals surface area contributed by atoms with E-state index in [9.17, 15) is 9.18 Å². The van der Waals surface area contributed by atoms with E-state index in [0.29, 0.717) is 6.79 Å². The lowest BCUT2D eigenvalue weighted by molar-refractivity contribution is -0.120. The van der Waals surface area contributed by atoms with Gasteiger partial charge in [0.2, 0.25) is 12.7 Å². The summed E-state index contributed by atoms with van der Waals surface area (Å²) in [7, 11) is 1.61. The number of ether oxygens (including phenoxy) is 3. The second-order valence-electron chi connectivity index (χ2n) is 7.79. The van der Waals surface area contributed by atoms with Crippen LogP contribution in [0.4, 0.5) is 10.1 Å². The second-order valence-corrected chi connectivity index (χ2v) is 7.79. The molecular weight excluding hydrogens is 409 g/mol. The number of benzene rings is 3. The molecule has 1 fully saturated rings. The number of para-hydroxylation sites is 2. The fraction of sp³-hybridized carbons (Fsp3) is 0.269. The fourth-order valence-electron chi connectivity index (χ4n) is 3.12. The van der Waals surface area contributed by atoms with Crippen LogP contribution in [0, 0.1) is 11.2 Å². The Morgan fingerprint density at radius 1 is 0.969 bits per heavy atom. The first-order valence-electron chi connectivity index (χ1n) is 10.1. The van der Waals surface area contributed by atoms with Crippen LogP contribution in [-0.4, -0.2) is 19.8 Å². The summed E-state index contributed by atoms with van der Waals surface area (Å²) in [5.41, 5.74) is 1.68. The third kappa shape index (κ3) is 5.19. The summed E-state index contributed by atoms with van der Waals surface area (Å²) in [4.78, 5) is 12.1. The summed E-state index contributed by atoms with van der Waals surface area (Å²) < 4.78 is 29.2. The summed E-state index contributed by atoms with van der Waals surface area (Å²) in [6.45, 7) is 2.26. The zero-order valence-corrected chi connectivity index (χ0v) is 17.5. The Morgan fingerprint density at radius 3 is 2.12 bits per heavy atom. The second kappa shape index (κ2) is 9.73. The van der Waals surface area contributed by atoms with E-state index < -0.39 is 5.82 Å². The Bertz CT molecular complexity index is 1050. The van der Waals surface area contributed by atoms with E-state index >= 15 is 0 Å². The minimum absolute atomic E-state index is 0. The van der Waals surface area contributed by atoms with Crippen molar-refractivity contribution in [3.8, 4) is 28.4 Å². The molecule has 5 rings (SSSR count). The molecular formula is C26H28FNO4. The van der Waals surface area contributed by atoms with E-state index in [1.54, 1.807) is 19.2 Å². The minimum atomic E-state index is -0.421. The van der Waals surface area contributed by atoms with Gasteiger partial charge in [0, 0.05) is 5.41 Å². The molecule has 0 atom stereocenters. The van der Waals surface area contributed by atoms with Gasteiger partial charge >= 0.3 is 0 Å². The van der Waals surface area contributed by atoms with Gasteiger partial charge < -0.3 is 19.5 Å². The average molecular weight is 438 g/mol. The quantitative estimate of drug-likeness (QED) is 0.521. The number of anilines is 1. The van der Waals surface area contributed by atoms with Crippen molar-refractivity contribution >= 4 is 11.6 Å². The lowest BCUT2D eigenvalue weighted by atomic mass is 10.0. The molecule has 0 spiro atoms. The van der Waals surface area contributed by atoms with Crippen molar-refractivity contribution in [2.75, 3.05) is 19.2 Å². The summed E-state index contributed by atoms with van der Waals surface area (Å²) in [6.07, 6.45) is 1.72. The first-order valence-corrected chi connectivity index (χ1v) is 10.1. The van der Waals surface area contributed by atoms with Crippen molar-refractivity contribution in [1.82, 2.24) is 0 Å². The Kier molecular flexibility index (Phi) is 7.03. The molecule has 0 unspecified atom stereocenters. The van der Waals surface area contributed by atoms with Gasteiger partial charge in [-0.05, 0) is 60.4 Å². The molecule has 168 valence electrons. The number of halogens is 1. The van der Waals surface area contributed by atoms with Gasteiger partial charge in [0.1, 0.15) is 11.6 Å². The summed E-state index contributed by atoms with van der Waals surface area (Å²) in [6, 6.07) is 19.9. The summed E-state index contributed by atoms with van der Waals surface area (Å²) >= 11 is 0. The molecule has 1 aliphatic carbocycles. The monoisotopic (exact) mass is 437 g/mol. The van der Waals surface area contributed by atoms with E-state index in [1.165, 1.54) is 6.07 Å². The van der Waals surface area contributed by atoms with Crippen molar-refractivity contribution < 1.29 is 23.4 Å². The molecule has 6 heteroatoms. The largest absolute Gasteiger partial charge is 0.497 e. The van der Waals surface area contributed by atoms with E-state index in [2.05, 4.69) is 5.32 Å². The van der Waals surface area contributed by atoms with Crippen LogP contribution in [0.1, 0.15) is 27.2 Å². The van der Waals surface area contributed by atoms with Gasteiger partial charge in [0.25, 0.3) is 0 Å². The third-order valence-electron chi connectivity index (χ3n) is 5.46. The van der Waals surface area contributed by atoms with Crippen molar-refractivity contribution in [1.29, 1.82) is 0 Å². The van der Waals surface area contributed by atoms with Gasteiger partial charge in [0.15, 0.2) is 11.5 Å². The molecule has 32 heavy (non-hydrogen) atoms. The number of carbonyl (C=O) groups excluding carboxylic acids is 1. The number of amides is 1. The van der Waals surface area contributed by atoms with Crippen LogP contribution in [0.5, 0.6) is 17.2 Å². The lowest BCUT2D eigenvalue weighted by Gasteiger charge is -2.12. The van der Waals surface area contributed by atoms with Gasteiger partial charge in [-0.15, -0.1) is 0 Å². The molecule has 5 nitrogen and oxygen atoms in total. The van der Waals surface area contributed by atoms with Gasteiger partial charge in [-0.2, -0.15) is 0 Å². The molecule has 1 heterocycles. The molecule has 3 aromatic carbocycles. The molecule has 1 aliphatic heterocycles. The van der Waals surface area contributed by atoms with Crippen LogP contribution in [0.3, 0.4) is 0 Å². The fourth-order valence-corrected chi connectivity index (χ4v) is 3.12. The average Bonchev–Trinajstić information content (AvgIpc) is 3.37. The number of hydrogen-bond acceptors (Lipinski definition) is 4. The Hall–Kier alpha value is -3.54. The maximum absolute atomic E-state index is 13.9. The normalized spacial score (nSPS) is 14.3. The lowest BCUT2D eigenvalue weighted by Crippen LogP contribution is -2.21. The first kappa shape index (κ1) is 23.1. The highest BCUT2D eigenvalue weighted by Gasteiger charge is 2.45. The summed E-state index contributed by atoms with van der Waals surface area (Å²) in [5.74, 6) is 1.92. The highest BCUT2D eigenvalue weighted by Crippen LogP contribution is 2.46. The van der Waals surface area contributed by atoms with E-state index in [-0.39, 0.29) is 24.4 Å². The predicted molar refractivity (Wildman–Crippen MR) is 124 cm³/mol.